The maximum absolute atomic E-state index is 12.5. The van der Waals surface area contributed by atoms with Crippen molar-refractivity contribution in [3.8, 4) is 0 Å². The van der Waals surface area contributed by atoms with Gasteiger partial charge in [-0.25, -0.2) is 9.69 Å². The van der Waals surface area contributed by atoms with Gasteiger partial charge >= 0.3 is 5.97 Å². The Hall–Kier alpha value is -2.95. The average Bonchev–Trinajstić information content (AvgIpc) is 2.77. The second-order valence-corrected chi connectivity index (χ2v) is 5.04. The van der Waals surface area contributed by atoms with Crippen molar-refractivity contribution in [1.29, 1.82) is 0 Å². The topological polar surface area (TPSA) is 63.7 Å². The first-order valence-electron chi connectivity index (χ1n) is 6.70. The number of hydrogen-bond donors (Lipinski definition) is 0. The molecule has 3 rings (SSSR count). The number of nitrogens with zero attached hydrogens (tertiary/aromatic N) is 1. The molecule has 0 saturated carbocycles. The number of hydrogen-bond acceptors (Lipinski definition) is 4. The molecule has 5 heteroatoms. The third-order valence-corrected chi connectivity index (χ3v) is 3.57. The van der Waals surface area contributed by atoms with E-state index in [-0.39, 0.29) is 17.0 Å². The summed E-state index contributed by atoms with van der Waals surface area (Å²) in [4.78, 5) is 37.7. The molecular weight excluding hydrogens is 282 g/mol. The SMILES string of the molecule is COC(=O)c1ccc2c(c1)C(=O)N(c1cccc(C)c1)C2=O. The van der Waals surface area contributed by atoms with E-state index < -0.39 is 11.9 Å². The number of aryl methyl sites for hydroxylation is 1. The predicted octanol–water partition coefficient (Wildman–Crippen LogP) is 2.58. The third kappa shape index (κ3) is 2.07. The standard InChI is InChI=1S/C17H13NO4/c1-10-4-3-5-12(8-10)18-15(19)13-7-6-11(17(21)22-2)9-14(13)16(18)20/h3-9H,1-2H3. The molecule has 1 heterocycles. The first kappa shape index (κ1) is 14.0. The zero-order valence-corrected chi connectivity index (χ0v) is 12.1. The molecule has 0 spiro atoms. The third-order valence-electron chi connectivity index (χ3n) is 3.57. The number of imide groups is 1. The highest BCUT2D eigenvalue weighted by Gasteiger charge is 2.37. The minimum absolute atomic E-state index is 0.217. The number of benzene rings is 2. The number of ether oxygens (including phenoxy) is 1. The van der Waals surface area contributed by atoms with Gasteiger partial charge in [0, 0.05) is 0 Å². The Morgan fingerprint density at radius 1 is 1.00 bits per heavy atom. The lowest BCUT2D eigenvalue weighted by atomic mass is 10.1. The molecule has 0 fully saturated rings. The first-order valence-corrected chi connectivity index (χ1v) is 6.70. The molecule has 2 aromatic rings. The molecule has 0 aliphatic carbocycles. The van der Waals surface area contributed by atoms with Crippen LogP contribution in [0.15, 0.2) is 42.5 Å². The fourth-order valence-electron chi connectivity index (χ4n) is 2.49. The fraction of sp³-hybridized carbons (Fsp3) is 0.118. The molecule has 1 aliphatic rings. The van der Waals surface area contributed by atoms with E-state index in [2.05, 4.69) is 4.74 Å². The summed E-state index contributed by atoms with van der Waals surface area (Å²) in [7, 11) is 1.27. The van der Waals surface area contributed by atoms with Crippen LogP contribution in [0.5, 0.6) is 0 Å². The molecule has 2 amide bonds. The van der Waals surface area contributed by atoms with Crippen LogP contribution >= 0.6 is 0 Å². The van der Waals surface area contributed by atoms with E-state index in [1.165, 1.54) is 25.3 Å². The summed E-state index contributed by atoms with van der Waals surface area (Å²) < 4.78 is 4.64. The number of esters is 1. The first-order chi connectivity index (χ1) is 10.5. The molecule has 0 bridgehead atoms. The van der Waals surface area contributed by atoms with Crippen LogP contribution in [0, 0.1) is 6.92 Å². The molecule has 2 aromatic carbocycles. The van der Waals surface area contributed by atoms with Gasteiger partial charge in [-0.3, -0.25) is 9.59 Å². The summed E-state index contributed by atoms with van der Waals surface area (Å²) in [6, 6.07) is 11.5. The van der Waals surface area contributed by atoms with Gasteiger partial charge in [0.15, 0.2) is 0 Å². The van der Waals surface area contributed by atoms with Crippen LogP contribution in [0.3, 0.4) is 0 Å². The number of carbonyl (C=O) groups excluding carboxylic acids is 3. The maximum Gasteiger partial charge on any atom is 0.337 e. The van der Waals surface area contributed by atoms with Crippen molar-refractivity contribution in [3.05, 3.63) is 64.7 Å². The Morgan fingerprint density at radius 2 is 1.73 bits per heavy atom. The Morgan fingerprint density at radius 3 is 2.41 bits per heavy atom. The highest BCUT2D eigenvalue weighted by atomic mass is 16.5. The van der Waals surface area contributed by atoms with E-state index in [9.17, 15) is 14.4 Å². The van der Waals surface area contributed by atoms with E-state index in [0.717, 1.165) is 10.5 Å². The predicted molar refractivity (Wildman–Crippen MR) is 80.1 cm³/mol. The van der Waals surface area contributed by atoms with Crippen molar-refractivity contribution in [1.82, 2.24) is 0 Å². The molecule has 0 radical (unpaired) electrons. The number of anilines is 1. The van der Waals surface area contributed by atoms with Crippen LogP contribution in [0.4, 0.5) is 5.69 Å². The molecule has 0 atom stereocenters. The molecule has 1 aliphatic heterocycles. The number of fused-ring (bicyclic) bond motifs is 1. The fourth-order valence-corrected chi connectivity index (χ4v) is 2.49. The van der Waals surface area contributed by atoms with Crippen LogP contribution < -0.4 is 4.90 Å². The largest absolute Gasteiger partial charge is 0.465 e. The van der Waals surface area contributed by atoms with E-state index in [1.807, 2.05) is 13.0 Å². The normalized spacial score (nSPS) is 13.3. The quantitative estimate of drug-likeness (QED) is 0.631. The summed E-state index contributed by atoms with van der Waals surface area (Å²) in [6.07, 6.45) is 0. The molecular formula is C17H13NO4. The Balaban J connectivity index is 2.07. The summed E-state index contributed by atoms with van der Waals surface area (Å²) in [5.74, 6) is -1.37. The Kier molecular flexibility index (Phi) is 3.25. The van der Waals surface area contributed by atoms with Crippen LogP contribution in [0.1, 0.15) is 36.6 Å². The van der Waals surface area contributed by atoms with E-state index in [1.54, 1.807) is 18.2 Å². The van der Waals surface area contributed by atoms with Gasteiger partial charge in [-0.15, -0.1) is 0 Å². The van der Waals surface area contributed by atoms with Crippen LogP contribution in [-0.4, -0.2) is 24.9 Å². The summed E-state index contributed by atoms with van der Waals surface area (Å²) >= 11 is 0. The van der Waals surface area contributed by atoms with Crippen molar-refractivity contribution in [2.75, 3.05) is 12.0 Å². The monoisotopic (exact) mass is 295 g/mol. The van der Waals surface area contributed by atoms with Crippen LogP contribution in [-0.2, 0) is 4.74 Å². The van der Waals surface area contributed by atoms with Gasteiger partial charge in [0.05, 0.1) is 29.5 Å². The van der Waals surface area contributed by atoms with E-state index >= 15 is 0 Å². The highest BCUT2D eigenvalue weighted by Crippen LogP contribution is 2.29. The van der Waals surface area contributed by atoms with Crippen molar-refractivity contribution in [2.45, 2.75) is 6.92 Å². The minimum atomic E-state index is -0.544. The van der Waals surface area contributed by atoms with Gasteiger partial charge in [-0.1, -0.05) is 12.1 Å². The summed E-state index contributed by atoms with van der Waals surface area (Å²) in [6.45, 7) is 1.89. The number of rotatable bonds is 2. The van der Waals surface area contributed by atoms with Gasteiger partial charge < -0.3 is 4.74 Å². The van der Waals surface area contributed by atoms with Crippen molar-refractivity contribution in [2.24, 2.45) is 0 Å². The lowest BCUT2D eigenvalue weighted by molar-refractivity contribution is 0.0600. The summed E-state index contributed by atoms with van der Waals surface area (Å²) in [5.41, 5.74) is 2.22. The number of carbonyl (C=O) groups is 3. The summed E-state index contributed by atoms with van der Waals surface area (Å²) in [5, 5.41) is 0. The molecule has 5 nitrogen and oxygen atoms in total. The highest BCUT2D eigenvalue weighted by molar-refractivity contribution is 6.34. The molecule has 0 aromatic heterocycles. The van der Waals surface area contributed by atoms with Crippen LogP contribution in [0.25, 0.3) is 0 Å². The second-order valence-electron chi connectivity index (χ2n) is 5.04. The minimum Gasteiger partial charge on any atom is -0.465 e. The average molecular weight is 295 g/mol. The van der Waals surface area contributed by atoms with Crippen molar-refractivity contribution < 1.29 is 19.1 Å². The zero-order valence-electron chi connectivity index (χ0n) is 12.1. The van der Waals surface area contributed by atoms with Crippen molar-refractivity contribution in [3.63, 3.8) is 0 Å². The van der Waals surface area contributed by atoms with Gasteiger partial charge in [0.1, 0.15) is 0 Å². The lowest BCUT2D eigenvalue weighted by Crippen LogP contribution is -2.29. The molecule has 22 heavy (non-hydrogen) atoms. The second kappa shape index (κ2) is 5.11. The van der Waals surface area contributed by atoms with Crippen molar-refractivity contribution >= 4 is 23.5 Å². The van der Waals surface area contributed by atoms with Gasteiger partial charge in [-0.05, 0) is 42.8 Å². The molecule has 0 N–H and O–H groups in total. The smallest absolute Gasteiger partial charge is 0.337 e. The molecule has 0 unspecified atom stereocenters. The van der Waals surface area contributed by atoms with Gasteiger partial charge in [0.2, 0.25) is 0 Å². The molecule has 110 valence electrons. The van der Waals surface area contributed by atoms with E-state index in [4.69, 9.17) is 0 Å². The Labute approximate surface area is 127 Å². The van der Waals surface area contributed by atoms with Gasteiger partial charge in [-0.2, -0.15) is 0 Å². The van der Waals surface area contributed by atoms with Crippen LogP contribution in [0.2, 0.25) is 0 Å². The van der Waals surface area contributed by atoms with Gasteiger partial charge in [0.25, 0.3) is 11.8 Å². The maximum atomic E-state index is 12.5. The number of methoxy groups -OCH3 is 1. The molecule has 0 saturated heterocycles. The number of amides is 2. The lowest BCUT2D eigenvalue weighted by Gasteiger charge is -2.14. The van der Waals surface area contributed by atoms with E-state index in [0.29, 0.717) is 11.3 Å². The Bertz CT molecular complexity index is 810. The zero-order chi connectivity index (χ0) is 15.9.